The predicted octanol–water partition coefficient (Wildman–Crippen LogP) is 7.64. The van der Waals surface area contributed by atoms with Gasteiger partial charge in [0.05, 0.1) is 0 Å². The fourth-order valence-electron chi connectivity index (χ4n) is 7.81. The Hall–Kier alpha value is -2.74. The predicted molar refractivity (Wildman–Crippen MR) is 159 cm³/mol. The first-order valence-corrected chi connectivity index (χ1v) is 14.1. The Labute approximate surface area is 223 Å². The van der Waals surface area contributed by atoms with Crippen LogP contribution in [0.4, 0.5) is 5.69 Å². The van der Waals surface area contributed by atoms with E-state index >= 15 is 0 Å². The Bertz CT molecular complexity index is 1700. The Morgan fingerprint density at radius 1 is 0.757 bits per heavy atom. The Morgan fingerprint density at radius 3 is 2.08 bits per heavy atom. The van der Waals surface area contributed by atoms with E-state index < -0.39 is 0 Å². The maximum atomic E-state index is 7.20. The molecule has 0 radical (unpaired) electrons. The average molecular weight is 494 g/mol. The minimum atomic E-state index is 0.128. The molecule has 0 saturated carbocycles. The molecule has 0 fully saturated rings. The van der Waals surface area contributed by atoms with Gasteiger partial charge >= 0.3 is 0 Å². The van der Waals surface area contributed by atoms with Crippen LogP contribution >= 0.6 is 0 Å². The molecule has 0 bridgehead atoms. The van der Waals surface area contributed by atoms with E-state index in [1.165, 1.54) is 89.0 Å². The molecule has 194 valence electrons. The molecule has 2 nitrogen and oxygen atoms in total. The second kappa shape index (κ2) is 7.43. The van der Waals surface area contributed by atoms with Crippen LogP contribution in [0.2, 0.25) is 0 Å². The lowest BCUT2D eigenvalue weighted by atomic mass is 9.77. The lowest BCUT2D eigenvalue weighted by Gasteiger charge is -2.45. The zero-order valence-electron chi connectivity index (χ0n) is 25.1. The summed E-state index contributed by atoms with van der Waals surface area (Å²) < 4.78 is 7.20. The molecule has 37 heavy (non-hydrogen) atoms. The van der Waals surface area contributed by atoms with Crippen molar-refractivity contribution in [3.63, 3.8) is 0 Å². The molecule has 0 amide bonds. The van der Waals surface area contributed by atoms with E-state index in [1.807, 2.05) is 0 Å². The first-order chi connectivity index (χ1) is 17.2. The summed E-state index contributed by atoms with van der Waals surface area (Å²) in [6.45, 7) is 25.8. The van der Waals surface area contributed by atoms with Crippen LogP contribution in [0.3, 0.4) is 0 Å². The van der Waals surface area contributed by atoms with Crippen LogP contribution in [0.1, 0.15) is 97.5 Å². The van der Waals surface area contributed by atoms with Crippen LogP contribution in [0.5, 0.6) is 11.5 Å². The fraction of sp³-hybridized carbons (Fsp3) is 0.486. The van der Waals surface area contributed by atoms with E-state index in [0.717, 1.165) is 24.3 Å². The summed E-state index contributed by atoms with van der Waals surface area (Å²) in [5.41, 5.74) is 15.6. The SMILES string of the molecule is CC1=c2c(C)c(C)c3c4c(c(C)c(C)c3c2Oc2c(C)c3c(c(C)c21)CCC(C)(C)N3C)=CCC4(C)C. The zero-order chi connectivity index (χ0) is 26.9. The van der Waals surface area contributed by atoms with Gasteiger partial charge in [0.1, 0.15) is 11.5 Å². The van der Waals surface area contributed by atoms with Gasteiger partial charge in [0.2, 0.25) is 0 Å². The number of aryl methyl sites for hydroxylation is 2. The van der Waals surface area contributed by atoms with Crippen molar-refractivity contribution in [1.82, 2.24) is 0 Å². The third kappa shape index (κ3) is 2.93. The Balaban J connectivity index is 1.80. The summed E-state index contributed by atoms with van der Waals surface area (Å²) in [5.74, 6) is 2.15. The van der Waals surface area contributed by atoms with Crippen LogP contribution in [-0.2, 0) is 11.8 Å². The second-order valence-corrected chi connectivity index (χ2v) is 13.4. The molecule has 1 aliphatic carbocycles. The Morgan fingerprint density at radius 2 is 1.41 bits per heavy atom. The van der Waals surface area contributed by atoms with Gasteiger partial charge in [0.25, 0.3) is 0 Å². The summed E-state index contributed by atoms with van der Waals surface area (Å²) in [6, 6.07) is 0. The highest BCUT2D eigenvalue weighted by atomic mass is 16.5. The number of nitrogens with zero attached hydrogens (tertiary/aromatic N) is 1. The van der Waals surface area contributed by atoms with Crippen molar-refractivity contribution >= 4 is 28.1 Å². The second-order valence-electron chi connectivity index (χ2n) is 13.4. The van der Waals surface area contributed by atoms with Crippen molar-refractivity contribution in [1.29, 1.82) is 0 Å². The number of anilines is 1. The van der Waals surface area contributed by atoms with Gasteiger partial charge in [0, 0.05) is 40.0 Å². The third-order valence-corrected chi connectivity index (χ3v) is 10.6. The molecular formula is C35H43NO. The maximum Gasteiger partial charge on any atom is 0.143 e. The quantitative estimate of drug-likeness (QED) is 0.319. The smallest absolute Gasteiger partial charge is 0.143 e. The first-order valence-electron chi connectivity index (χ1n) is 14.1. The van der Waals surface area contributed by atoms with Crippen molar-refractivity contribution in [2.45, 2.75) is 106 Å². The molecule has 2 heterocycles. The van der Waals surface area contributed by atoms with E-state index in [2.05, 4.69) is 94.2 Å². The van der Waals surface area contributed by atoms with Gasteiger partial charge in [-0.2, -0.15) is 0 Å². The van der Waals surface area contributed by atoms with E-state index in [0.29, 0.717) is 0 Å². The number of benzene rings is 3. The summed E-state index contributed by atoms with van der Waals surface area (Å²) in [4.78, 5) is 2.50. The molecule has 3 aliphatic rings. The highest BCUT2D eigenvalue weighted by molar-refractivity contribution is 6.01. The van der Waals surface area contributed by atoms with Crippen LogP contribution in [0.15, 0.2) is 0 Å². The van der Waals surface area contributed by atoms with Gasteiger partial charge in [-0.3, -0.25) is 0 Å². The van der Waals surface area contributed by atoms with Gasteiger partial charge in [-0.05, 0) is 142 Å². The fourth-order valence-corrected chi connectivity index (χ4v) is 7.81. The Kier molecular flexibility index (Phi) is 4.94. The molecule has 0 saturated heterocycles. The molecule has 0 aromatic heterocycles. The molecule has 0 spiro atoms. The van der Waals surface area contributed by atoms with Crippen molar-refractivity contribution in [3.05, 3.63) is 60.5 Å². The lowest BCUT2D eigenvalue weighted by Crippen LogP contribution is -2.45. The number of hydrogen-bond acceptors (Lipinski definition) is 2. The van der Waals surface area contributed by atoms with Crippen molar-refractivity contribution in [2.24, 2.45) is 0 Å². The molecule has 0 unspecified atom stereocenters. The van der Waals surface area contributed by atoms with Crippen LogP contribution in [0.25, 0.3) is 22.4 Å². The highest BCUT2D eigenvalue weighted by Crippen LogP contribution is 2.51. The lowest BCUT2D eigenvalue weighted by molar-refractivity contribution is 0.425. The number of hydrogen-bond donors (Lipinski definition) is 0. The van der Waals surface area contributed by atoms with Crippen molar-refractivity contribution in [2.75, 3.05) is 11.9 Å². The van der Waals surface area contributed by atoms with Crippen molar-refractivity contribution in [3.8, 4) is 11.5 Å². The van der Waals surface area contributed by atoms with E-state index in [9.17, 15) is 0 Å². The molecule has 3 aromatic carbocycles. The maximum absolute atomic E-state index is 7.20. The number of ether oxygens (including phenoxy) is 1. The van der Waals surface area contributed by atoms with Gasteiger partial charge in [-0.15, -0.1) is 0 Å². The third-order valence-electron chi connectivity index (χ3n) is 10.6. The topological polar surface area (TPSA) is 12.5 Å². The minimum absolute atomic E-state index is 0.128. The van der Waals surface area contributed by atoms with Crippen LogP contribution in [-0.4, -0.2) is 12.6 Å². The van der Waals surface area contributed by atoms with E-state index in [-0.39, 0.29) is 11.0 Å². The zero-order valence-corrected chi connectivity index (χ0v) is 25.1. The molecule has 3 aromatic rings. The van der Waals surface area contributed by atoms with Gasteiger partial charge in [-0.1, -0.05) is 19.9 Å². The van der Waals surface area contributed by atoms with Crippen LogP contribution < -0.4 is 20.1 Å². The van der Waals surface area contributed by atoms with Crippen molar-refractivity contribution < 1.29 is 4.74 Å². The minimum Gasteiger partial charge on any atom is -0.455 e. The summed E-state index contributed by atoms with van der Waals surface area (Å²) in [5, 5.41) is 5.52. The summed E-state index contributed by atoms with van der Waals surface area (Å²) in [6.07, 6.45) is 5.86. The molecule has 2 aliphatic heterocycles. The highest BCUT2D eigenvalue weighted by Gasteiger charge is 2.37. The molecule has 0 N–H and O–H groups in total. The monoisotopic (exact) mass is 493 g/mol. The number of fused-ring (bicyclic) bond motifs is 7. The number of rotatable bonds is 0. The largest absolute Gasteiger partial charge is 0.455 e. The normalized spacial score (nSPS) is 18.7. The molecule has 2 heteroatoms. The van der Waals surface area contributed by atoms with Gasteiger partial charge in [-0.25, -0.2) is 0 Å². The average Bonchev–Trinajstić information content (AvgIpc) is 3.14. The first kappa shape index (κ1) is 24.6. The van der Waals surface area contributed by atoms with Crippen LogP contribution in [0, 0.1) is 41.5 Å². The summed E-state index contributed by atoms with van der Waals surface area (Å²) >= 11 is 0. The van der Waals surface area contributed by atoms with E-state index in [1.54, 1.807) is 0 Å². The van der Waals surface area contributed by atoms with E-state index in [4.69, 9.17) is 4.74 Å². The van der Waals surface area contributed by atoms with Gasteiger partial charge in [0.15, 0.2) is 0 Å². The molecular weight excluding hydrogens is 450 g/mol. The molecule has 0 atom stereocenters. The standard InChI is InChI=1S/C35H43NO/c1-17-18(2)29-28(30-24(17)13-15-34(30,8)9)20(4)19(3)26-22(6)27-21(5)25-14-16-35(10,11)36(12)31(25)23(7)32(27)37-33(26)29/h13H,14-16H2,1-12H3. The summed E-state index contributed by atoms with van der Waals surface area (Å²) in [7, 11) is 2.27. The molecule has 6 rings (SSSR count). The van der Waals surface area contributed by atoms with Gasteiger partial charge < -0.3 is 9.64 Å².